The minimum Gasteiger partial charge on any atom is -0.398 e. The Labute approximate surface area is 109 Å². The number of anilines is 1. The fraction of sp³-hybridized carbons (Fsp3) is 0.200. The predicted molar refractivity (Wildman–Crippen MR) is 69.7 cm³/mol. The summed E-state index contributed by atoms with van der Waals surface area (Å²) in [6, 6.07) is 13.7. The molecule has 0 amide bonds. The van der Waals surface area contributed by atoms with E-state index in [9.17, 15) is 13.2 Å². The molecule has 0 aliphatic rings. The van der Waals surface area contributed by atoms with Crippen molar-refractivity contribution >= 4 is 5.69 Å². The van der Waals surface area contributed by atoms with E-state index in [0.717, 1.165) is 23.6 Å². The summed E-state index contributed by atoms with van der Waals surface area (Å²) in [7, 11) is 0. The van der Waals surface area contributed by atoms with Gasteiger partial charge in [-0.1, -0.05) is 36.4 Å². The van der Waals surface area contributed by atoms with Crippen LogP contribution in [0.1, 0.15) is 16.7 Å². The van der Waals surface area contributed by atoms with Crippen molar-refractivity contribution in [3.05, 3.63) is 65.2 Å². The van der Waals surface area contributed by atoms with Crippen LogP contribution in [0.4, 0.5) is 18.9 Å². The monoisotopic (exact) mass is 265 g/mol. The molecule has 2 aromatic rings. The summed E-state index contributed by atoms with van der Waals surface area (Å²) in [5, 5.41) is 0. The molecule has 4 heteroatoms. The second kappa shape index (κ2) is 5.34. The summed E-state index contributed by atoms with van der Waals surface area (Å²) in [6.07, 6.45) is -2.93. The molecule has 0 aliphatic heterocycles. The Kier molecular flexibility index (Phi) is 3.79. The molecule has 0 unspecified atom stereocenters. The second-order valence-corrected chi connectivity index (χ2v) is 4.40. The van der Waals surface area contributed by atoms with E-state index in [1.54, 1.807) is 0 Å². The molecule has 0 radical (unpaired) electrons. The average molecular weight is 265 g/mol. The molecule has 19 heavy (non-hydrogen) atoms. The number of aryl methyl sites for hydroxylation is 2. The van der Waals surface area contributed by atoms with Gasteiger partial charge in [-0.05, 0) is 36.1 Å². The van der Waals surface area contributed by atoms with Gasteiger partial charge in [0.15, 0.2) is 0 Å². The number of benzene rings is 2. The normalized spacial score (nSPS) is 11.5. The van der Waals surface area contributed by atoms with E-state index in [4.69, 9.17) is 5.73 Å². The molecule has 1 nitrogen and oxygen atoms in total. The van der Waals surface area contributed by atoms with Crippen LogP contribution >= 0.6 is 0 Å². The van der Waals surface area contributed by atoms with Gasteiger partial charge in [0, 0.05) is 5.69 Å². The van der Waals surface area contributed by atoms with Gasteiger partial charge in [0.05, 0.1) is 5.56 Å². The highest BCUT2D eigenvalue weighted by Gasteiger charge is 2.32. The van der Waals surface area contributed by atoms with E-state index in [1.165, 1.54) is 12.1 Å². The van der Waals surface area contributed by atoms with Gasteiger partial charge in [-0.15, -0.1) is 0 Å². The molecular weight excluding hydrogens is 251 g/mol. The molecule has 0 heterocycles. The van der Waals surface area contributed by atoms with Crippen LogP contribution in [0.15, 0.2) is 48.5 Å². The van der Waals surface area contributed by atoms with Gasteiger partial charge in [-0.2, -0.15) is 13.2 Å². The van der Waals surface area contributed by atoms with Gasteiger partial charge in [-0.25, -0.2) is 0 Å². The Balaban J connectivity index is 2.09. The van der Waals surface area contributed by atoms with E-state index in [1.807, 2.05) is 30.3 Å². The zero-order valence-electron chi connectivity index (χ0n) is 10.2. The van der Waals surface area contributed by atoms with Gasteiger partial charge in [0.1, 0.15) is 0 Å². The summed E-state index contributed by atoms with van der Waals surface area (Å²) < 4.78 is 37.7. The van der Waals surface area contributed by atoms with E-state index in [2.05, 4.69) is 0 Å². The van der Waals surface area contributed by atoms with Gasteiger partial charge >= 0.3 is 6.18 Å². The first-order valence-electron chi connectivity index (χ1n) is 5.96. The standard InChI is InChI=1S/C15H14F3N/c16-15(17,18)13-9-8-12(10-14(13)19)7-6-11-4-2-1-3-5-11/h1-5,8-10H,6-7,19H2. The quantitative estimate of drug-likeness (QED) is 0.832. The van der Waals surface area contributed by atoms with E-state index >= 15 is 0 Å². The van der Waals surface area contributed by atoms with E-state index < -0.39 is 11.7 Å². The highest BCUT2D eigenvalue weighted by atomic mass is 19.4. The number of nitrogen functional groups attached to an aromatic ring is 1. The van der Waals surface area contributed by atoms with Crippen molar-refractivity contribution in [1.82, 2.24) is 0 Å². The minimum absolute atomic E-state index is 0.210. The van der Waals surface area contributed by atoms with Crippen LogP contribution in [0.25, 0.3) is 0 Å². The second-order valence-electron chi connectivity index (χ2n) is 4.40. The topological polar surface area (TPSA) is 26.0 Å². The van der Waals surface area contributed by atoms with Crippen molar-refractivity contribution in [3.63, 3.8) is 0 Å². The number of nitrogens with two attached hydrogens (primary N) is 1. The van der Waals surface area contributed by atoms with Gasteiger partial charge < -0.3 is 5.73 Å². The lowest BCUT2D eigenvalue weighted by Gasteiger charge is -2.11. The molecule has 0 saturated carbocycles. The first-order valence-corrected chi connectivity index (χ1v) is 5.96. The largest absolute Gasteiger partial charge is 0.418 e. The lowest BCUT2D eigenvalue weighted by atomic mass is 10.0. The van der Waals surface area contributed by atoms with Crippen LogP contribution < -0.4 is 5.73 Å². The number of alkyl halides is 3. The third-order valence-corrected chi connectivity index (χ3v) is 2.97. The zero-order chi connectivity index (χ0) is 13.9. The molecular formula is C15H14F3N. The predicted octanol–water partition coefficient (Wildman–Crippen LogP) is 4.07. The molecule has 100 valence electrons. The molecule has 0 saturated heterocycles. The Morgan fingerprint density at radius 1 is 0.842 bits per heavy atom. The minimum atomic E-state index is -4.39. The molecule has 2 aromatic carbocycles. The van der Waals surface area contributed by atoms with Gasteiger partial charge in [-0.3, -0.25) is 0 Å². The summed E-state index contributed by atoms with van der Waals surface area (Å²) in [5.41, 5.74) is 6.45. The Bertz CT molecular complexity index is 547. The number of rotatable bonds is 3. The highest BCUT2D eigenvalue weighted by Crippen LogP contribution is 2.33. The SMILES string of the molecule is Nc1cc(CCc2ccccc2)ccc1C(F)(F)F. The van der Waals surface area contributed by atoms with Crippen LogP contribution in [0.3, 0.4) is 0 Å². The fourth-order valence-corrected chi connectivity index (χ4v) is 1.96. The van der Waals surface area contributed by atoms with Crippen LogP contribution in [-0.4, -0.2) is 0 Å². The van der Waals surface area contributed by atoms with Crippen LogP contribution in [0.2, 0.25) is 0 Å². The Morgan fingerprint density at radius 3 is 2.05 bits per heavy atom. The summed E-state index contributed by atoms with van der Waals surface area (Å²) in [5.74, 6) is 0. The molecule has 0 spiro atoms. The maximum Gasteiger partial charge on any atom is 0.418 e. The maximum atomic E-state index is 12.6. The average Bonchev–Trinajstić information content (AvgIpc) is 2.36. The lowest BCUT2D eigenvalue weighted by molar-refractivity contribution is -0.136. The van der Waals surface area contributed by atoms with Crippen molar-refractivity contribution in [2.75, 3.05) is 5.73 Å². The van der Waals surface area contributed by atoms with Gasteiger partial charge in [0.2, 0.25) is 0 Å². The van der Waals surface area contributed by atoms with Crippen molar-refractivity contribution in [2.24, 2.45) is 0 Å². The fourth-order valence-electron chi connectivity index (χ4n) is 1.96. The van der Waals surface area contributed by atoms with Crippen molar-refractivity contribution in [3.8, 4) is 0 Å². The van der Waals surface area contributed by atoms with Crippen molar-refractivity contribution in [2.45, 2.75) is 19.0 Å². The summed E-state index contributed by atoms with van der Waals surface area (Å²) in [4.78, 5) is 0. The third kappa shape index (κ3) is 3.50. The number of hydrogen-bond acceptors (Lipinski definition) is 1. The Hall–Kier alpha value is -1.97. The lowest BCUT2D eigenvalue weighted by Crippen LogP contribution is -2.09. The molecule has 0 aromatic heterocycles. The first-order chi connectivity index (χ1) is 8.97. The zero-order valence-corrected chi connectivity index (χ0v) is 10.2. The molecule has 0 aliphatic carbocycles. The van der Waals surface area contributed by atoms with Crippen molar-refractivity contribution < 1.29 is 13.2 Å². The van der Waals surface area contributed by atoms with Crippen molar-refractivity contribution in [1.29, 1.82) is 0 Å². The maximum absolute atomic E-state index is 12.6. The molecule has 2 rings (SSSR count). The molecule has 2 N–H and O–H groups in total. The number of halogens is 3. The summed E-state index contributed by atoms with van der Waals surface area (Å²) in [6.45, 7) is 0. The van der Waals surface area contributed by atoms with E-state index in [-0.39, 0.29) is 5.69 Å². The summed E-state index contributed by atoms with van der Waals surface area (Å²) >= 11 is 0. The molecule has 0 fully saturated rings. The van der Waals surface area contributed by atoms with Gasteiger partial charge in [0.25, 0.3) is 0 Å². The third-order valence-electron chi connectivity index (χ3n) is 2.97. The number of hydrogen-bond donors (Lipinski definition) is 1. The first kappa shape index (κ1) is 13.5. The molecule has 0 atom stereocenters. The van der Waals surface area contributed by atoms with Crippen LogP contribution in [0.5, 0.6) is 0 Å². The smallest absolute Gasteiger partial charge is 0.398 e. The van der Waals surface area contributed by atoms with Crippen LogP contribution in [0, 0.1) is 0 Å². The van der Waals surface area contributed by atoms with E-state index in [0.29, 0.717) is 6.42 Å². The highest BCUT2D eigenvalue weighted by molar-refractivity contribution is 5.50. The Morgan fingerprint density at radius 2 is 1.47 bits per heavy atom. The molecule has 0 bridgehead atoms. The van der Waals surface area contributed by atoms with Crippen LogP contribution in [-0.2, 0) is 19.0 Å².